The second-order valence-corrected chi connectivity index (χ2v) is 7.71. The number of hydrogen-bond acceptors (Lipinski definition) is 3. The molecule has 0 atom stereocenters. The molecule has 1 heterocycles. The van der Waals surface area contributed by atoms with Gasteiger partial charge < -0.3 is 0 Å². The summed E-state index contributed by atoms with van der Waals surface area (Å²) < 4.78 is 64.6. The Bertz CT molecular complexity index is 1120. The Morgan fingerprint density at radius 1 is 1.04 bits per heavy atom. The van der Waals surface area contributed by atoms with E-state index in [1.807, 2.05) is 12.0 Å². The lowest BCUT2D eigenvalue weighted by atomic mass is 9.94. The molecule has 0 fully saturated rings. The highest BCUT2D eigenvalue weighted by molar-refractivity contribution is 7.89. The van der Waals surface area contributed by atoms with Gasteiger partial charge >= 0.3 is 6.18 Å². The highest BCUT2D eigenvalue weighted by Crippen LogP contribution is 2.43. The quantitative estimate of drug-likeness (QED) is 0.702. The summed E-state index contributed by atoms with van der Waals surface area (Å²) in [5.74, 6) is 0. The van der Waals surface area contributed by atoms with E-state index in [2.05, 4.69) is 5.10 Å². The molecule has 27 heavy (non-hydrogen) atoms. The molecular formula is C18H16F3N3O2S. The number of benzene rings is 2. The number of aromatic nitrogens is 2. The monoisotopic (exact) mass is 395 g/mol. The lowest BCUT2D eigenvalue weighted by molar-refractivity contribution is -0.140. The fourth-order valence-electron chi connectivity index (χ4n) is 3.01. The van der Waals surface area contributed by atoms with Crippen LogP contribution in [0.1, 0.15) is 16.8 Å². The van der Waals surface area contributed by atoms with Crippen LogP contribution in [0.25, 0.3) is 22.4 Å². The number of nitrogens with zero attached hydrogens (tertiary/aromatic N) is 1. The van der Waals surface area contributed by atoms with E-state index in [1.165, 1.54) is 24.3 Å². The molecule has 0 aliphatic rings. The molecule has 0 spiro atoms. The molecule has 3 rings (SSSR count). The average molecular weight is 395 g/mol. The molecule has 5 nitrogen and oxygen atoms in total. The van der Waals surface area contributed by atoms with Gasteiger partial charge in [-0.05, 0) is 31.0 Å². The Morgan fingerprint density at radius 2 is 1.70 bits per heavy atom. The van der Waals surface area contributed by atoms with Crippen molar-refractivity contribution in [1.29, 1.82) is 0 Å². The van der Waals surface area contributed by atoms with Crippen molar-refractivity contribution in [3.8, 4) is 22.4 Å². The first kappa shape index (κ1) is 19.1. The minimum absolute atomic E-state index is 0.00160. The molecule has 0 aliphatic carbocycles. The first-order valence-corrected chi connectivity index (χ1v) is 9.40. The molecule has 2 aromatic carbocycles. The molecule has 142 valence electrons. The van der Waals surface area contributed by atoms with Gasteiger partial charge in [0.1, 0.15) is 11.4 Å². The Labute approximate surface area is 154 Å². The van der Waals surface area contributed by atoms with Crippen LogP contribution in [-0.2, 0) is 16.2 Å². The van der Waals surface area contributed by atoms with Gasteiger partial charge in [-0.15, -0.1) is 0 Å². The number of aromatic amines is 1. The van der Waals surface area contributed by atoms with Gasteiger partial charge in [0, 0.05) is 11.1 Å². The summed E-state index contributed by atoms with van der Waals surface area (Å²) in [4.78, 5) is -0.295. The van der Waals surface area contributed by atoms with E-state index in [9.17, 15) is 21.6 Å². The van der Waals surface area contributed by atoms with Crippen molar-refractivity contribution < 1.29 is 21.6 Å². The van der Waals surface area contributed by atoms with Crippen molar-refractivity contribution in [3.63, 3.8) is 0 Å². The third-order valence-electron chi connectivity index (χ3n) is 4.15. The standard InChI is InChI=1S/C18H16F3N3O2S/c1-10-7-8-12(11(2)9-10)15-16(23-24-17(15)18(19,20)21)13-5-3-4-6-14(13)27(22,25)26/h3-9H,1-2H3,(H,23,24)(H2,22,25,26). The van der Waals surface area contributed by atoms with Crippen LogP contribution in [0.4, 0.5) is 13.2 Å². The zero-order valence-corrected chi connectivity index (χ0v) is 15.2. The van der Waals surface area contributed by atoms with Crippen molar-refractivity contribution in [2.24, 2.45) is 5.14 Å². The fourth-order valence-corrected chi connectivity index (χ4v) is 3.75. The van der Waals surface area contributed by atoms with Gasteiger partial charge in [0.15, 0.2) is 0 Å². The van der Waals surface area contributed by atoms with Gasteiger partial charge in [-0.25, -0.2) is 13.6 Å². The first-order chi connectivity index (χ1) is 12.5. The highest BCUT2D eigenvalue weighted by Gasteiger charge is 2.38. The summed E-state index contributed by atoms with van der Waals surface area (Å²) in [5, 5.41) is 11.1. The summed E-state index contributed by atoms with van der Waals surface area (Å²) in [6.45, 7) is 3.51. The molecule has 9 heteroatoms. The maximum absolute atomic E-state index is 13.6. The number of nitrogens with one attached hydrogen (secondary N) is 1. The van der Waals surface area contributed by atoms with E-state index in [4.69, 9.17) is 5.14 Å². The molecule has 0 unspecified atom stereocenters. The van der Waals surface area contributed by atoms with Gasteiger partial charge in [-0.1, -0.05) is 42.0 Å². The third kappa shape index (κ3) is 3.60. The SMILES string of the molecule is Cc1ccc(-c2c(-c3ccccc3S(N)(=O)=O)n[nH]c2C(F)(F)F)c(C)c1. The minimum atomic E-state index is -4.70. The van der Waals surface area contributed by atoms with Crippen LogP contribution in [-0.4, -0.2) is 18.6 Å². The molecule has 0 radical (unpaired) electrons. The number of alkyl halides is 3. The maximum Gasteiger partial charge on any atom is 0.433 e. The maximum atomic E-state index is 13.6. The number of rotatable bonds is 3. The number of sulfonamides is 1. The average Bonchev–Trinajstić information content (AvgIpc) is 2.99. The van der Waals surface area contributed by atoms with Crippen LogP contribution in [0.15, 0.2) is 47.4 Å². The number of hydrogen-bond donors (Lipinski definition) is 2. The number of primary sulfonamides is 1. The number of halogens is 3. The van der Waals surface area contributed by atoms with E-state index in [-0.39, 0.29) is 21.7 Å². The summed E-state index contributed by atoms with van der Waals surface area (Å²) in [6, 6.07) is 10.6. The molecule has 0 aliphatic heterocycles. The van der Waals surface area contributed by atoms with Crippen molar-refractivity contribution >= 4 is 10.0 Å². The zero-order chi connectivity index (χ0) is 20.0. The number of nitrogens with two attached hydrogens (primary N) is 1. The summed E-state index contributed by atoms with van der Waals surface area (Å²) >= 11 is 0. The van der Waals surface area contributed by atoms with Crippen LogP contribution in [0.3, 0.4) is 0 Å². The normalized spacial score (nSPS) is 12.4. The lowest BCUT2D eigenvalue weighted by Crippen LogP contribution is -2.13. The van der Waals surface area contributed by atoms with Gasteiger partial charge in [0.25, 0.3) is 0 Å². The molecule has 0 saturated carbocycles. The first-order valence-electron chi connectivity index (χ1n) is 7.85. The minimum Gasteiger partial charge on any atom is -0.272 e. The second-order valence-electron chi connectivity index (χ2n) is 6.18. The Hall–Kier alpha value is -2.65. The van der Waals surface area contributed by atoms with Crippen LogP contribution < -0.4 is 5.14 Å². The molecule has 3 N–H and O–H groups in total. The van der Waals surface area contributed by atoms with Gasteiger partial charge in [0.05, 0.1) is 4.90 Å². The second kappa shape index (κ2) is 6.50. The van der Waals surface area contributed by atoms with Crippen molar-refractivity contribution in [2.45, 2.75) is 24.9 Å². The lowest BCUT2D eigenvalue weighted by Gasteiger charge is -2.13. The van der Waals surface area contributed by atoms with E-state index in [1.54, 1.807) is 25.1 Å². The predicted octanol–water partition coefficient (Wildman–Crippen LogP) is 4.03. The predicted molar refractivity (Wildman–Crippen MR) is 95.3 cm³/mol. The van der Waals surface area contributed by atoms with Crippen LogP contribution in [0, 0.1) is 13.8 Å². The molecule has 0 amide bonds. The van der Waals surface area contributed by atoms with Gasteiger partial charge in [0.2, 0.25) is 10.0 Å². The molecule has 1 aromatic heterocycles. The number of H-pyrrole nitrogens is 1. The zero-order valence-electron chi connectivity index (χ0n) is 14.4. The summed E-state index contributed by atoms with van der Waals surface area (Å²) in [6.07, 6.45) is -4.70. The van der Waals surface area contributed by atoms with Gasteiger partial charge in [-0.2, -0.15) is 18.3 Å². The molecular weight excluding hydrogens is 379 g/mol. The van der Waals surface area contributed by atoms with E-state index < -0.39 is 21.9 Å². The van der Waals surface area contributed by atoms with E-state index >= 15 is 0 Å². The third-order valence-corrected chi connectivity index (χ3v) is 5.12. The Balaban J connectivity index is 2.40. The van der Waals surface area contributed by atoms with Crippen LogP contribution in [0.2, 0.25) is 0 Å². The fraction of sp³-hybridized carbons (Fsp3) is 0.167. The summed E-state index contributed by atoms with van der Waals surface area (Å²) in [5.41, 5.74) is 0.419. The van der Waals surface area contributed by atoms with E-state index in [0.717, 1.165) is 5.56 Å². The molecule has 0 bridgehead atoms. The smallest absolute Gasteiger partial charge is 0.272 e. The van der Waals surface area contributed by atoms with Crippen molar-refractivity contribution in [1.82, 2.24) is 10.2 Å². The van der Waals surface area contributed by atoms with Crippen molar-refractivity contribution in [3.05, 3.63) is 59.3 Å². The largest absolute Gasteiger partial charge is 0.433 e. The van der Waals surface area contributed by atoms with E-state index in [0.29, 0.717) is 11.1 Å². The highest BCUT2D eigenvalue weighted by atomic mass is 32.2. The molecule has 3 aromatic rings. The Morgan fingerprint density at radius 3 is 2.30 bits per heavy atom. The number of aryl methyl sites for hydroxylation is 2. The Kier molecular flexibility index (Phi) is 4.61. The van der Waals surface area contributed by atoms with Crippen LogP contribution >= 0.6 is 0 Å². The van der Waals surface area contributed by atoms with Crippen molar-refractivity contribution in [2.75, 3.05) is 0 Å². The summed E-state index contributed by atoms with van der Waals surface area (Å²) in [7, 11) is -4.16. The van der Waals surface area contributed by atoms with Gasteiger partial charge in [-0.3, -0.25) is 5.10 Å². The topological polar surface area (TPSA) is 88.8 Å². The van der Waals surface area contributed by atoms with Crippen LogP contribution in [0.5, 0.6) is 0 Å². The molecule has 0 saturated heterocycles.